The van der Waals surface area contributed by atoms with E-state index in [1.54, 1.807) is 0 Å². The Balaban J connectivity index is 0.00000208. The number of halogens is 1. The number of H-pyrrole nitrogens is 1. The van der Waals surface area contributed by atoms with Gasteiger partial charge in [0.25, 0.3) is 5.56 Å². The predicted octanol–water partition coefficient (Wildman–Crippen LogP) is 1.81. The van der Waals surface area contributed by atoms with Gasteiger partial charge in [-0.1, -0.05) is 0 Å². The second-order valence-corrected chi connectivity index (χ2v) is 7.14. The van der Waals surface area contributed by atoms with Crippen molar-refractivity contribution < 1.29 is 0 Å². The van der Waals surface area contributed by atoms with Gasteiger partial charge in [0, 0.05) is 30.9 Å². The molecule has 0 aromatic carbocycles. The van der Waals surface area contributed by atoms with Crippen LogP contribution in [0.4, 0.5) is 5.95 Å². The van der Waals surface area contributed by atoms with Crippen LogP contribution < -0.4 is 21.5 Å². The molecular formula is C17H30ClN5O. The van der Waals surface area contributed by atoms with Crippen LogP contribution in [0.25, 0.3) is 0 Å². The van der Waals surface area contributed by atoms with E-state index >= 15 is 0 Å². The van der Waals surface area contributed by atoms with Crippen molar-refractivity contribution in [2.45, 2.75) is 51.5 Å². The number of aryl methyl sites for hydroxylation is 1. The van der Waals surface area contributed by atoms with Gasteiger partial charge in [-0.15, -0.1) is 12.4 Å². The molecule has 1 aromatic rings. The Bertz CT molecular complexity index is 560. The molecule has 0 radical (unpaired) electrons. The first-order chi connectivity index (χ1) is 11.2. The molecule has 4 N–H and O–H groups in total. The van der Waals surface area contributed by atoms with E-state index < -0.39 is 0 Å². The maximum Gasteiger partial charge on any atom is 0.252 e. The van der Waals surface area contributed by atoms with Crippen molar-refractivity contribution in [3.63, 3.8) is 0 Å². The molecule has 2 fully saturated rings. The summed E-state index contributed by atoms with van der Waals surface area (Å²) >= 11 is 0. The van der Waals surface area contributed by atoms with E-state index in [2.05, 4.69) is 25.9 Å². The zero-order chi connectivity index (χ0) is 16.1. The average molecular weight is 356 g/mol. The number of rotatable bonds is 5. The van der Waals surface area contributed by atoms with Crippen LogP contribution in [0, 0.1) is 12.3 Å². The molecule has 7 heteroatoms. The van der Waals surface area contributed by atoms with Crippen LogP contribution in [-0.2, 0) is 0 Å². The number of hydrogen-bond donors (Lipinski definition) is 4. The van der Waals surface area contributed by atoms with E-state index in [4.69, 9.17) is 0 Å². The monoisotopic (exact) mass is 355 g/mol. The van der Waals surface area contributed by atoms with Crippen molar-refractivity contribution in [1.29, 1.82) is 0 Å². The van der Waals surface area contributed by atoms with E-state index in [9.17, 15) is 4.79 Å². The van der Waals surface area contributed by atoms with E-state index in [1.165, 1.54) is 57.7 Å². The van der Waals surface area contributed by atoms with Gasteiger partial charge in [0.15, 0.2) is 0 Å². The molecule has 6 nitrogen and oxygen atoms in total. The first kappa shape index (κ1) is 19.2. The lowest BCUT2D eigenvalue weighted by atomic mass is 9.67. The number of anilines is 1. The third-order valence-corrected chi connectivity index (χ3v) is 5.43. The molecule has 1 aliphatic heterocycles. The smallest absolute Gasteiger partial charge is 0.252 e. The molecule has 136 valence electrons. The summed E-state index contributed by atoms with van der Waals surface area (Å²) in [6.07, 6.45) is 8.03. The van der Waals surface area contributed by atoms with E-state index in [0.29, 0.717) is 17.4 Å². The number of aromatic nitrogens is 2. The quantitative estimate of drug-likeness (QED) is 0.606. The van der Waals surface area contributed by atoms with Gasteiger partial charge in [-0.2, -0.15) is 0 Å². The lowest BCUT2D eigenvalue weighted by Crippen LogP contribution is -2.43. The SMILES string of the molecule is Cc1cc(=O)[nH]c(NCCNC2CCC3(CCNCC3)CC2)n1.Cl. The van der Waals surface area contributed by atoms with Crippen molar-refractivity contribution >= 4 is 18.4 Å². The molecule has 0 atom stereocenters. The highest BCUT2D eigenvalue weighted by Crippen LogP contribution is 2.43. The molecule has 3 rings (SSSR count). The Morgan fingerprint density at radius 1 is 1.21 bits per heavy atom. The topological polar surface area (TPSA) is 81.8 Å². The zero-order valence-corrected chi connectivity index (χ0v) is 15.3. The summed E-state index contributed by atoms with van der Waals surface area (Å²) in [5, 5.41) is 10.3. The number of nitrogens with one attached hydrogen (secondary N) is 4. The summed E-state index contributed by atoms with van der Waals surface area (Å²) in [4.78, 5) is 18.4. The molecule has 2 aliphatic rings. The van der Waals surface area contributed by atoms with E-state index in [-0.39, 0.29) is 18.0 Å². The fourth-order valence-electron chi connectivity index (χ4n) is 4.01. The third-order valence-electron chi connectivity index (χ3n) is 5.43. The first-order valence-corrected chi connectivity index (χ1v) is 8.91. The predicted molar refractivity (Wildman–Crippen MR) is 100 cm³/mol. The van der Waals surface area contributed by atoms with Gasteiger partial charge in [-0.05, 0) is 64.0 Å². The van der Waals surface area contributed by atoms with E-state index in [1.807, 2.05) is 6.92 Å². The summed E-state index contributed by atoms with van der Waals surface area (Å²) in [6, 6.07) is 2.14. The standard InChI is InChI=1S/C17H29N5O.ClH/c1-13-12-15(23)22-16(21-13)20-11-10-19-14-2-4-17(5-3-14)6-8-18-9-7-17;/h12,14,18-19H,2-11H2,1H3,(H2,20,21,22,23);1H. The van der Waals surface area contributed by atoms with Gasteiger partial charge in [0.1, 0.15) is 0 Å². The van der Waals surface area contributed by atoms with Gasteiger partial charge >= 0.3 is 0 Å². The molecular weight excluding hydrogens is 326 g/mol. The van der Waals surface area contributed by atoms with Crippen LogP contribution in [0.2, 0.25) is 0 Å². The highest BCUT2D eigenvalue weighted by molar-refractivity contribution is 5.85. The number of nitrogens with zero attached hydrogens (tertiary/aromatic N) is 1. The van der Waals surface area contributed by atoms with Crippen molar-refractivity contribution in [3.8, 4) is 0 Å². The Hall–Kier alpha value is -1.11. The molecule has 1 spiro atoms. The second-order valence-electron chi connectivity index (χ2n) is 7.14. The molecule has 0 unspecified atom stereocenters. The third kappa shape index (κ3) is 5.19. The number of hydrogen-bond acceptors (Lipinski definition) is 5. The summed E-state index contributed by atoms with van der Waals surface area (Å²) in [5.41, 5.74) is 1.27. The molecule has 1 aromatic heterocycles. The highest BCUT2D eigenvalue weighted by atomic mass is 35.5. The van der Waals surface area contributed by atoms with Gasteiger partial charge < -0.3 is 16.0 Å². The van der Waals surface area contributed by atoms with Crippen molar-refractivity contribution in [2.75, 3.05) is 31.5 Å². The van der Waals surface area contributed by atoms with Gasteiger partial charge in [0.05, 0.1) is 0 Å². The second kappa shape index (κ2) is 8.83. The molecule has 0 bridgehead atoms. The molecule has 0 amide bonds. The van der Waals surface area contributed by atoms with Gasteiger partial charge in [-0.3, -0.25) is 9.78 Å². The van der Waals surface area contributed by atoms with Gasteiger partial charge in [0.2, 0.25) is 5.95 Å². The highest BCUT2D eigenvalue weighted by Gasteiger charge is 2.35. The van der Waals surface area contributed by atoms with E-state index in [0.717, 1.165) is 18.8 Å². The van der Waals surface area contributed by atoms with Crippen molar-refractivity contribution in [2.24, 2.45) is 5.41 Å². The van der Waals surface area contributed by atoms with Crippen LogP contribution in [-0.4, -0.2) is 42.2 Å². The lowest BCUT2D eigenvalue weighted by Gasteiger charge is -2.43. The van der Waals surface area contributed by atoms with Crippen molar-refractivity contribution in [1.82, 2.24) is 20.6 Å². The zero-order valence-electron chi connectivity index (χ0n) is 14.5. The summed E-state index contributed by atoms with van der Waals surface area (Å²) in [6.45, 7) is 5.90. The molecule has 2 heterocycles. The largest absolute Gasteiger partial charge is 0.354 e. The summed E-state index contributed by atoms with van der Waals surface area (Å²) in [7, 11) is 0. The summed E-state index contributed by atoms with van der Waals surface area (Å²) < 4.78 is 0. The molecule has 1 saturated carbocycles. The lowest BCUT2D eigenvalue weighted by molar-refractivity contribution is 0.116. The number of piperidine rings is 1. The Morgan fingerprint density at radius 3 is 2.58 bits per heavy atom. The average Bonchev–Trinajstić information content (AvgIpc) is 2.53. The van der Waals surface area contributed by atoms with Crippen molar-refractivity contribution in [3.05, 3.63) is 22.1 Å². The normalized spacial score (nSPS) is 20.5. The minimum atomic E-state index is -0.104. The molecule has 1 saturated heterocycles. The van der Waals surface area contributed by atoms with Crippen LogP contribution in [0.15, 0.2) is 10.9 Å². The minimum Gasteiger partial charge on any atom is -0.354 e. The molecule has 24 heavy (non-hydrogen) atoms. The maximum atomic E-state index is 11.4. The molecule has 1 aliphatic carbocycles. The van der Waals surface area contributed by atoms with Crippen LogP contribution in [0.1, 0.15) is 44.2 Å². The first-order valence-electron chi connectivity index (χ1n) is 8.91. The Morgan fingerprint density at radius 2 is 1.92 bits per heavy atom. The number of aromatic amines is 1. The minimum absolute atomic E-state index is 0. The van der Waals surface area contributed by atoms with Crippen LogP contribution >= 0.6 is 12.4 Å². The Labute approximate surface area is 150 Å². The summed E-state index contributed by atoms with van der Waals surface area (Å²) in [5.74, 6) is 0.564. The Kier molecular flexibility index (Phi) is 7.07. The van der Waals surface area contributed by atoms with Gasteiger partial charge in [-0.25, -0.2) is 4.98 Å². The van der Waals surface area contributed by atoms with Crippen LogP contribution in [0.5, 0.6) is 0 Å². The van der Waals surface area contributed by atoms with Crippen LogP contribution in [0.3, 0.4) is 0 Å². The maximum absolute atomic E-state index is 11.4. The fraction of sp³-hybridized carbons (Fsp3) is 0.765. The fourth-order valence-corrected chi connectivity index (χ4v) is 4.01.